The lowest BCUT2D eigenvalue weighted by Gasteiger charge is -2.13. The van der Waals surface area contributed by atoms with E-state index in [0.717, 1.165) is 16.5 Å². The monoisotopic (exact) mass is 311 g/mol. The lowest BCUT2D eigenvalue weighted by Crippen LogP contribution is -2.22. The van der Waals surface area contributed by atoms with Crippen LogP contribution in [0.1, 0.15) is 12.5 Å². The zero-order chi connectivity index (χ0) is 16.4. The van der Waals surface area contributed by atoms with Gasteiger partial charge in [0, 0.05) is 17.0 Å². The van der Waals surface area contributed by atoms with Gasteiger partial charge in [0.1, 0.15) is 0 Å². The molecule has 1 aromatic heterocycles. The van der Waals surface area contributed by atoms with Crippen molar-refractivity contribution in [3.63, 3.8) is 0 Å². The summed E-state index contributed by atoms with van der Waals surface area (Å²) in [6.45, 7) is 1.82. The van der Waals surface area contributed by atoms with Crippen LogP contribution < -0.4 is 5.32 Å². The van der Waals surface area contributed by atoms with E-state index >= 15 is 0 Å². The van der Waals surface area contributed by atoms with Crippen LogP contribution >= 0.6 is 0 Å². The molecule has 0 saturated carbocycles. The highest BCUT2D eigenvalue weighted by Crippen LogP contribution is 2.26. The number of aromatic hydroxyl groups is 2. The highest BCUT2D eigenvalue weighted by Gasteiger charge is 2.15. The van der Waals surface area contributed by atoms with Crippen molar-refractivity contribution in [3.8, 4) is 11.5 Å². The van der Waals surface area contributed by atoms with Gasteiger partial charge in [0.15, 0.2) is 11.5 Å². The number of H-pyrrole nitrogens is 1. The number of benzene rings is 2. The van der Waals surface area contributed by atoms with Gasteiger partial charge in [-0.3, -0.25) is 9.89 Å². The third-order valence-corrected chi connectivity index (χ3v) is 3.74. The van der Waals surface area contributed by atoms with Crippen LogP contribution in [-0.4, -0.2) is 26.3 Å². The van der Waals surface area contributed by atoms with E-state index in [4.69, 9.17) is 0 Å². The summed E-state index contributed by atoms with van der Waals surface area (Å²) in [7, 11) is 0. The molecule has 1 atom stereocenters. The van der Waals surface area contributed by atoms with Crippen LogP contribution in [0.5, 0.6) is 11.5 Å². The van der Waals surface area contributed by atoms with Gasteiger partial charge < -0.3 is 15.5 Å². The minimum absolute atomic E-state index is 0.111. The number of fused-ring (bicyclic) bond motifs is 1. The van der Waals surface area contributed by atoms with Crippen molar-refractivity contribution in [2.45, 2.75) is 13.3 Å². The molecule has 0 spiro atoms. The van der Waals surface area contributed by atoms with E-state index in [2.05, 4.69) is 15.5 Å². The van der Waals surface area contributed by atoms with E-state index in [1.165, 1.54) is 12.1 Å². The predicted molar refractivity (Wildman–Crippen MR) is 87.4 cm³/mol. The van der Waals surface area contributed by atoms with Crippen LogP contribution in [0.3, 0.4) is 0 Å². The summed E-state index contributed by atoms with van der Waals surface area (Å²) in [5, 5.41) is 29.4. The van der Waals surface area contributed by atoms with Crippen LogP contribution in [0.2, 0.25) is 0 Å². The molecule has 0 fully saturated rings. The molecule has 118 valence electrons. The number of hydrogen-bond donors (Lipinski definition) is 4. The van der Waals surface area contributed by atoms with Crippen LogP contribution in [0.25, 0.3) is 10.9 Å². The molecule has 4 N–H and O–H groups in total. The molecule has 1 unspecified atom stereocenters. The number of amides is 1. The molecular weight excluding hydrogens is 294 g/mol. The smallest absolute Gasteiger partial charge is 0.227 e. The summed E-state index contributed by atoms with van der Waals surface area (Å²) in [6, 6.07) is 10.1. The van der Waals surface area contributed by atoms with E-state index < -0.39 is 0 Å². The van der Waals surface area contributed by atoms with Gasteiger partial charge in [0.05, 0.1) is 11.7 Å². The topological polar surface area (TPSA) is 98.2 Å². The number of phenolic OH excluding ortho intramolecular Hbond substituents is 2. The van der Waals surface area contributed by atoms with Gasteiger partial charge in [0.2, 0.25) is 5.91 Å². The second-order valence-corrected chi connectivity index (χ2v) is 5.59. The third-order valence-electron chi connectivity index (χ3n) is 3.74. The maximum Gasteiger partial charge on any atom is 0.227 e. The summed E-state index contributed by atoms with van der Waals surface area (Å²) in [4.78, 5) is 12.3. The van der Waals surface area contributed by atoms with Crippen LogP contribution in [0, 0.1) is 5.92 Å². The molecule has 23 heavy (non-hydrogen) atoms. The fourth-order valence-corrected chi connectivity index (χ4v) is 2.43. The molecule has 1 heterocycles. The van der Waals surface area contributed by atoms with E-state index in [9.17, 15) is 15.0 Å². The van der Waals surface area contributed by atoms with Gasteiger partial charge in [-0.05, 0) is 42.3 Å². The van der Waals surface area contributed by atoms with E-state index in [-0.39, 0.29) is 23.3 Å². The zero-order valence-electron chi connectivity index (χ0n) is 12.6. The number of aromatic nitrogens is 2. The van der Waals surface area contributed by atoms with Gasteiger partial charge in [-0.25, -0.2) is 0 Å². The molecule has 0 radical (unpaired) electrons. The van der Waals surface area contributed by atoms with Gasteiger partial charge >= 0.3 is 0 Å². The fourth-order valence-electron chi connectivity index (χ4n) is 2.43. The maximum atomic E-state index is 12.3. The van der Waals surface area contributed by atoms with E-state index in [1.54, 1.807) is 12.3 Å². The second-order valence-electron chi connectivity index (χ2n) is 5.59. The quantitative estimate of drug-likeness (QED) is 0.557. The number of nitrogens with one attached hydrogen (secondary N) is 2. The molecule has 6 heteroatoms. The zero-order valence-corrected chi connectivity index (χ0v) is 12.6. The number of rotatable bonds is 4. The minimum atomic E-state index is -0.279. The minimum Gasteiger partial charge on any atom is -0.504 e. The van der Waals surface area contributed by atoms with E-state index in [0.29, 0.717) is 12.1 Å². The molecule has 2 aromatic carbocycles. The second kappa shape index (κ2) is 6.00. The van der Waals surface area contributed by atoms with Crippen molar-refractivity contribution in [1.29, 1.82) is 0 Å². The highest BCUT2D eigenvalue weighted by molar-refractivity contribution is 5.94. The Morgan fingerprint density at radius 2 is 2.04 bits per heavy atom. The fraction of sp³-hybridized carbons (Fsp3) is 0.176. The normalized spacial score (nSPS) is 12.2. The molecule has 0 aliphatic carbocycles. The molecule has 3 rings (SSSR count). The molecule has 0 aliphatic rings. The Hall–Kier alpha value is -3.02. The number of aromatic amines is 1. The Morgan fingerprint density at radius 1 is 1.22 bits per heavy atom. The molecular formula is C17H17N3O3. The van der Waals surface area contributed by atoms with Crippen molar-refractivity contribution >= 4 is 22.5 Å². The van der Waals surface area contributed by atoms with E-state index in [1.807, 2.05) is 25.1 Å². The van der Waals surface area contributed by atoms with Gasteiger partial charge in [-0.2, -0.15) is 5.10 Å². The number of carbonyl (C=O) groups excluding carboxylic acids is 1. The molecule has 1 amide bonds. The molecule has 6 nitrogen and oxygen atoms in total. The predicted octanol–water partition coefficient (Wildman–Crippen LogP) is 2.79. The van der Waals surface area contributed by atoms with Crippen molar-refractivity contribution in [2.24, 2.45) is 5.92 Å². The van der Waals surface area contributed by atoms with Crippen molar-refractivity contribution in [1.82, 2.24) is 10.2 Å². The number of carbonyl (C=O) groups is 1. The molecule has 0 bridgehead atoms. The maximum absolute atomic E-state index is 12.3. The number of hydrogen-bond acceptors (Lipinski definition) is 4. The first kappa shape index (κ1) is 14.9. The SMILES string of the molecule is CC(Cc1ccc(O)c(O)c1)C(=O)Nc1ccc2[nH]ncc2c1. The average molecular weight is 311 g/mol. The number of phenols is 2. The lowest BCUT2D eigenvalue weighted by atomic mass is 10.00. The molecule has 3 aromatic rings. The average Bonchev–Trinajstić information content (AvgIpc) is 2.98. The summed E-state index contributed by atoms with van der Waals surface area (Å²) < 4.78 is 0. The summed E-state index contributed by atoms with van der Waals surface area (Å²) in [5.41, 5.74) is 2.41. The Bertz CT molecular complexity index is 857. The summed E-state index contributed by atoms with van der Waals surface area (Å²) >= 11 is 0. The van der Waals surface area contributed by atoms with Gasteiger partial charge in [-0.1, -0.05) is 13.0 Å². The Morgan fingerprint density at radius 3 is 2.83 bits per heavy atom. The third kappa shape index (κ3) is 3.26. The van der Waals surface area contributed by atoms with Crippen LogP contribution in [-0.2, 0) is 11.2 Å². The number of anilines is 1. The van der Waals surface area contributed by atoms with Crippen LogP contribution in [0.15, 0.2) is 42.6 Å². The van der Waals surface area contributed by atoms with Gasteiger partial charge in [-0.15, -0.1) is 0 Å². The molecule has 0 saturated heterocycles. The molecule has 0 aliphatic heterocycles. The lowest BCUT2D eigenvalue weighted by molar-refractivity contribution is -0.119. The van der Waals surface area contributed by atoms with Crippen molar-refractivity contribution in [2.75, 3.05) is 5.32 Å². The standard InChI is InChI=1S/C17H17N3O3/c1-10(6-11-2-5-15(21)16(22)7-11)17(23)19-13-3-4-14-12(8-13)9-18-20-14/h2-5,7-10,21-22H,6H2,1H3,(H,18,20)(H,19,23). The Labute approximate surface area is 132 Å². The largest absolute Gasteiger partial charge is 0.504 e. The summed E-state index contributed by atoms with van der Waals surface area (Å²) in [5.74, 6) is -0.737. The summed E-state index contributed by atoms with van der Waals surface area (Å²) in [6.07, 6.45) is 2.17. The Kier molecular flexibility index (Phi) is 3.89. The number of nitrogens with zero attached hydrogens (tertiary/aromatic N) is 1. The van der Waals surface area contributed by atoms with Crippen molar-refractivity contribution in [3.05, 3.63) is 48.2 Å². The highest BCUT2D eigenvalue weighted by atomic mass is 16.3. The first-order valence-electron chi connectivity index (χ1n) is 7.28. The Balaban J connectivity index is 1.67. The first-order valence-corrected chi connectivity index (χ1v) is 7.28. The first-order chi connectivity index (χ1) is 11.0. The van der Waals surface area contributed by atoms with Gasteiger partial charge in [0.25, 0.3) is 0 Å². The van der Waals surface area contributed by atoms with Crippen molar-refractivity contribution < 1.29 is 15.0 Å². The van der Waals surface area contributed by atoms with Crippen LogP contribution in [0.4, 0.5) is 5.69 Å².